The number of rotatable bonds is 11. The molecule has 210 valence electrons. The summed E-state index contributed by atoms with van der Waals surface area (Å²) in [5, 5.41) is 14.2. The summed E-state index contributed by atoms with van der Waals surface area (Å²) >= 11 is 0. The molecule has 0 aromatic heterocycles. The first-order valence-electron chi connectivity index (χ1n) is 14.0. The molecular weight excluding hydrogens is 514 g/mol. The van der Waals surface area contributed by atoms with Crippen LogP contribution < -0.4 is 20.7 Å². The van der Waals surface area contributed by atoms with Crippen LogP contribution in [0.15, 0.2) is 103 Å². The Kier molecular flexibility index (Phi) is 7.74. The maximum Gasteiger partial charge on any atom is 0.233 e. The fourth-order valence-corrected chi connectivity index (χ4v) is 5.68. The smallest absolute Gasteiger partial charge is 0.233 e. The number of β-lactam (4-membered cyclic amide) rings is 1. The minimum Gasteiger partial charge on any atom is -0.497 e. The number of nitrogen functional groups attached to an aromatic ring is 1. The normalized spacial score (nSPS) is 22.2. The minimum atomic E-state index is -0.601. The summed E-state index contributed by atoms with van der Waals surface area (Å²) in [4.78, 5) is 15.4. The van der Waals surface area contributed by atoms with E-state index in [0.29, 0.717) is 19.4 Å². The molecule has 2 aliphatic heterocycles. The van der Waals surface area contributed by atoms with Gasteiger partial charge in [-0.15, -0.1) is 0 Å². The highest BCUT2D eigenvalue weighted by Gasteiger charge is 2.48. The molecular formula is C34H35N3O4. The fraction of sp³-hybridized carbons (Fsp3) is 0.265. The van der Waals surface area contributed by atoms with Crippen LogP contribution in [0.2, 0.25) is 0 Å². The number of epoxide rings is 1. The zero-order valence-electron chi connectivity index (χ0n) is 23.0. The third-order valence-electron chi connectivity index (χ3n) is 8.09. The third kappa shape index (κ3) is 5.84. The van der Waals surface area contributed by atoms with Crippen LogP contribution in [0.4, 0.5) is 11.4 Å². The number of carbonyl (C=O) groups is 1. The lowest BCUT2D eigenvalue weighted by Crippen LogP contribution is -2.55. The Morgan fingerprint density at radius 2 is 1.61 bits per heavy atom. The van der Waals surface area contributed by atoms with Gasteiger partial charge in [-0.05, 0) is 71.5 Å². The summed E-state index contributed by atoms with van der Waals surface area (Å²) in [5.41, 5.74) is 11.5. The maximum absolute atomic E-state index is 13.5. The first-order valence-corrected chi connectivity index (χ1v) is 14.0. The summed E-state index contributed by atoms with van der Waals surface area (Å²) in [6, 6.07) is 33.3. The van der Waals surface area contributed by atoms with E-state index in [1.54, 1.807) is 7.11 Å². The topological polar surface area (TPSA) is 100 Å². The molecule has 7 heteroatoms. The van der Waals surface area contributed by atoms with E-state index in [1.807, 2.05) is 108 Å². The number of carbonyl (C=O) groups excluding carboxylic acids is 1. The van der Waals surface area contributed by atoms with Crippen LogP contribution in [0.1, 0.15) is 53.3 Å². The van der Waals surface area contributed by atoms with Crippen molar-refractivity contribution in [1.82, 2.24) is 5.32 Å². The van der Waals surface area contributed by atoms with Crippen molar-refractivity contribution in [2.24, 2.45) is 5.92 Å². The highest BCUT2D eigenvalue weighted by molar-refractivity contribution is 6.03. The molecule has 0 aliphatic carbocycles. The number of ether oxygens (including phenoxy) is 2. The van der Waals surface area contributed by atoms with Gasteiger partial charge in [0.15, 0.2) is 0 Å². The molecule has 5 unspecified atom stereocenters. The summed E-state index contributed by atoms with van der Waals surface area (Å²) < 4.78 is 11.1. The number of aliphatic hydroxyl groups is 1. The van der Waals surface area contributed by atoms with Gasteiger partial charge in [0, 0.05) is 17.9 Å². The molecule has 7 nitrogen and oxygen atoms in total. The number of nitrogens with one attached hydrogen (secondary N) is 1. The quantitative estimate of drug-likeness (QED) is 0.126. The lowest BCUT2D eigenvalue weighted by atomic mass is 9.78. The van der Waals surface area contributed by atoms with Crippen LogP contribution in [0.25, 0.3) is 0 Å². The Labute approximate surface area is 240 Å². The predicted molar refractivity (Wildman–Crippen MR) is 159 cm³/mol. The maximum atomic E-state index is 13.5. The molecule has 2 saturated heterocycles. The number of aliphatic hydroxyl groups excluding tert-OH is 1. The van der Waals surface area contributed by atoms with Gasteiger partial charge in [0.05, 0.1) is 25.2 Å². The molecule has 2 heterocycles. The zero-order valence-corrected chi connectivity index (χ0v) is 23.0. The van der Waals surface area contributed by atoms with E-state index in [1.165, 1.54) is 0 Å². The molecule has 4 aromatic rings. The van der Waals surface area contributed by atoms with E-state index in [9.17, 15) is 9.90 Å². The molecule has 6 rings (SSSR count). The van der Waals surface area contributed by atoms with Crippen molar-refractivity contribution in [3.8, 4) is 5.75 Å². The third-order valence-corrected chi connectivity index (χ3v) is 8.09. The summed E-state index contributed by atoms with van der Waals surface area (Å²) in [5.74, 6) is 0.646. The number of benzene rings is 4. The van der Waals surface area contributed by atoms with Gasteiger partial charge >= 0.3 is 0 Å². The number of hydrogen-bond donors (Lipinski definition) is 3. The molecule has 0 radical (unpaired) electrons. The Hall–Kier alpha value is -4.17. The van der Waals surface area contributed by atoms with E-state index in [0.717, 1.165) is 39.4 Å². The van der Waals surface area contributed by atoms with Crippen molar-refractivity contribution in [3.05, 3.63) is 125 Å². The summed E-state index contributed by atoms with van der Waals surface area (Å²) in [7, 11) is 1.64. The van der Waals surface area contributed by atoms with Crippen molar-refractivity contribution in [3.63, 3.8) is 0 Å². The average molecular weight is 550 g/mol. The Balaban J connectivity index is 1.12. The lowest BCUT2D eigenvalue weighted by molar-refractivity contribution is -0.131. The monoisotopic (exact) mass is 549 g/mol. The van der Waals surface area contributed by atoms with E-state index >= 15 is 0 Å². The molecule has 0 bridgehead atoms. The van der Waals surface area contributed by atoms with Gasteiger partial charge in [-0.25, -0.2) is 0 Å². The largest absolute Gasteiger partial charge is 0.497 e. The molecule has 0 saturated carbocycles. The zero-order chi connectivity index (χ0) is 28.3. The first-order chi connectivity index (χ1) is 20.0. The average Bonchev–Trinajstić information content (AvgIpc) is 3.80. The molecule has 0 spiro atoms. The summed E-state index contributed by atoms with van der Waals surface area (Å²) in [6.07, 6.45) is 0.529. The number of methoxy groups -OCH3 is 1. The predicted octanol–water partition coefficient (Wildman–Crippen LogP) is 5.68. The van der Waals surface area contributed by atoms with Crippen molar-refractivity contribution >= 4 is 17.3 Å². The van der Waals surface area contributed by atoms with Gasteiger partial charge in [-0.1, -0.05) is 66.7 Å². The highest BCUT2D eigenvalue weighted by Crippen LogP contribution is 2.46. The van der Waals surface area contributed by atoms with Crippen LogP contribution in [0.3, 0.4) is 0 Å². The molecule has 2 aliphatic rings. The number of nitrogens with two attached hydrogens (primary N) is 1. The highest BCUT2D eigenvalue weighted by atomic mass is 16.6. The second kappa shape index (κ2) is 11.7. The van der Waals surface area contributed by atoms with Gasteiger partial charge in [-0.2, -0.15) is 0 Å². The molecule has 2 fully saturated rings. The Bertz CT molecular complexity index is 1460. The molecule has 1 amide bonds. The van der Waals surface area contributed by atoms with Crippen LogP contribution >= 0.6 is 0 Å². The standard InChI is InChI=1S/C34H35N3O4/c1-40-28-17-11-24(12-18-28)31-29(19-20-30(38)23-5-3-2-4-6-23)34(39)37(31)27-15-7-22(8-16-27)21-36-33-32(41-33)25-9-13-26(35)14-10-25/h2-18,29-33,36,38H,19-21,35H2,1H3. The number of anilines is 2. The number of nitrogens with zero attached hydrogens (tertiary/aromatic N) is 1. The van der Waals surface area contributed by atoms with E-state index in [-0.39, 0.29) is 30.2 Å². The molecule has 5 atom stereocenters. The van der Waals surface area contributed by atoms with Gasteiger partial charge in [0.2, 0.25) is 5.91 Å². The van der Waals surface area contributed by atoms with Gasteiger partial charge < -0.3 is 25.2 Å². The van der Waals surface area contributed by atoms with Crippen LogP contribution in [0.5, 0.6) is 5.75 Å². The van der Waals surface area contributed by atoms with E-state index < -0.39 is 6.10 Å². The Morgan fingerprint density at radius 1 is 0.927 bits per heavy atom. The molecule has 41 heavy (non-hydrogen) atoms. The minimum absolute atomic E-state index is 0.0262. The fourth-order valence-electron chi connectivity index (χ4n) is 5.68. The van der Waals surface area contributed by atoms with Crippen molar-refractivity contribution in [2.45, 2.75) is 43.9 Å². The molecule has 4 aromatic carbocycles. The first kappa shape index (κ1) is 27.0. The van der Waals surface area contributed by atoms with Crippen LogP contribution in [-0.4, -0.2) is 24.4 Å². The second-order valence-corrected chi connectivity index (χ2v) is 10.7. The van der Waals surface area contributed by atoms with Crippen LogP contribution in [0, 0.1) is 5.92 Å². The van der Waals surface area contributed by atoms with Crippen LogP contribution in [-0.2, 0) is 16.1 Å². The Morgan fingerprint density at radius 3 is 2.29 bits per heavy atom. The van der Waals surface area contributed by atoms with E-state index in [2.05, 4.69) is 5.32 Å². The van der Waals surface area contributed by atoms with Crippen molar-refractivity contribution in [1.29, 1.82) is 0 Å². The van der Waals surface area contributed by atoms with Crippen molar-refractivity contribution in [2.75, 3.05) is 17.7 Å². The SMILES string of the molecule is COc1ccc(C2C(CCC(O)c3ccccc3)C(=O)N2c2ccc(CNC3OC3c3ccc(N)cc3)cc2)cc1. The second-order valence-electron chi connectivity index (χ2n) is 10.7. The van der Waals surface area contributed by atoms with Gasteiger partial charge in [-0.3, -0.25) is 10.1 Å². The number of hydrogen-bond acceptors (Lipinski definition) is 6. The van der Waals surface area contributed by atoms with Crippen molar-refractivity contribution < 1.29 is 19.4 Å². The van der Waals surface area contributed by atoms with Gasteiger partial charge in [0.25, 0.3) is 0 Å². The molecule has 4 N–H and O–H groups in total. The number of amides is 1. The summed E-state index contributed by atoms with van der Waals surface area (Å²) in [6.45, 7) is 0.659. The van der Waals surface area contributed by atoms with E-state index in [4.69, 9.17) is 15.2 Å². The van der Waals surface area contributed by atoms with Gasteiger partial charge in [0.1, 0.15) is 18.1 Å². The lowest BCUT2D eigenvalue weighted by Gasteiger charge is -2.48.